The van der Waals surface area contributed by atoms with E-state index < -0.39 is 0 Å². The van der Waals surface area contributed by atoms with E-state index in [2.05, 4.69) is 5.10 Å². The third-order valence-corrected chi connectivity index (χ3v) is 6.18. The van der Waals surface area contributed by atoms with Crippen LogP contribution < -0.4 is 5.69 Å². The van der Waals surface area contributed by atoms with Gasteiger partial charge in [0.15, 0.2) is 5.65 Å². The van der Waals surface area contributed by atoms with Crippen molar-refractivity contribution in [3.05, 3.63) is 75.3 Å². The number of nitrogens with zero attached hydrogens (tertiary/aromatic N) is 4. The van der Waals surface area contributed by atoms with Crippen LogP contribution in [0.4, 0.5) is 0 Å². The maximum absolute atomic E-state index is 13.1. The lowest BCUT2D eigenvalue weighted by atomic mass is 9.97. The number of rotatable bonds is 4. The summed E-state index contributed by atoms with van der Waals surface area (Å²) in [6, 6.07) is 15.1. The third kappa shape index (κ3) is 3.99. The fraction of sp³-hybridized carbons (Fsp3) is 0.261. The van der Waals surface area contributed by atoms with E-state index in [1.165, 1.54) is 9.20 Å². The van der Waals surface area contributed by atoms with E-state index in [1.54, 1.807) is 6.20 Å². The molecule has 0 atom stereocenters. The minimum absolute atomic E-state index is 0.237. The molecule has 2 aromatic heterocycles. The van der Waals surface area contributed by atoms with Crippen molar-refractivity contribution < 1.29 is 4.74 Å². The first-order valence-corrected chi connectivity index (χ1v) is 10.9. The zero-order valence-electron chi connectivity index (χ0n) is 16.7. The standard InChI is InChI=1S/C23H20Cl2N4O2/c24-18-5-1-16(2-6-18)20-13-26-29-22(21(20)17-3-7-19(25)8-4-17)27-28(23(29)30)14-15-9-11-31-12-10-15/h1-8,13,15H,9-12,14H2. The minimum Gasteiger partial charge on any atom is -0.381 e. The van der Waals surface area contributed by atoms with Gasteiger partial charge in [-0.3, -0.25) is 0 Å². The molecule has 6 nitrogen and oxygen atoms in total. The Balaban J connectivity index is 1.69. The molecular weight excluding hydrogens is 435 g/mol. The highest BCUT2D eigenvalue weighted by molar-refractivity contribution is 6.31. The molecule has 0 N–H and O–H groups in total. The van der Waals surface area contributed by atoms with Crippen LogP contribution in [0.2, 0.25) is 10.0 Å². The predicted molar refractivity (Wildman–Crippen MR) is 122 cm³/mol. The Morgan fingerprint density at radius 3 is 2.19 bits per heavy atom. The van der Waals surface area contributed by atoms with Gasteiger partial charge in [-0.05, 0) is 54.2 Å². The molecule has 0 amide bonds. The van der Waals surface area contributed by atoms with E-state index >= 15 is 0 Å². The Labute approximate surface area is 189 Å². The molecule has 1 saturated heterocycles. The topological polar surface area (TPSA) is 61.4 Å². The summed E-state index contributed by atoms with van der Waals surface area (Å²) < 4.78 is 8.35. The largest absolute Gasteiger partial charge is 0.381 e. The number of fused-ring (bicyclic) bond motifs is 1. The highest BCUT2D eigenvalue weighted by Gasteiger charge is 2.21. The zero-order valence-corrected chi connectivity index (χ0v) is 18.2. The van der Waals surface area contributed by atoms with Gasteiger partial charge in [0.05, 0.1) is 6.20 Å². The van der Waals surface area contributed by atoms with Gasteiger partial charge < -0.3 is 4.74 Å². The van der Waals surface area contributed by atoms with E-state index in [0.717, 1.165) is 48.3 Å². The highest BCUT2D eigenvalue weighted by atomic mass is 35.5. The lowest BCUT2D eigenvalue weighted by Crippen LogP contribution is -2.28. The average molecular weight is 455 g/mol. The Kier molecular flexibility index (Phi) is 5.52. The first-order chi connectivity index (χ1) is 15.1. The Bertz CT molecular complexity index is 1270. The highest BCUT2D eigenvalue weighted by Crippen LogP contribution is 2.35. The third-order valence-electron chi connectivity index (χ3n) is 5.67. The molecule has 0 bridgehead atoms. The molecule has 1 aliphatic rings. The van der Waals surface area contributed by atoms with E-state index in [4.69, 9.17) is 33.0 Å². The molecule has 31 heavy (non-hydrogen) atoms. The SMILES string of the molecule is O=c1n(CC2CCOCC2)nc2c(-c3ccc(Cl)cc3)c(-c3ccc(Cl)cc3)cnn12. The van der Waals surface area contributed by atoms with E-state index in [9.17, 15) is 4.79 Å². The molecule has 0 radical (unpaired) electrons. The van der Waals surface area contributed by atoms with E-state index in [1.807, 2.05) is 48.5 Å². The lowest BCUT2D eigenvalue weighted by Gasteiger charge is -2.21. The zero-order chi connectivity index (χ0) is 21.4. The van der Waals surface area contributed by atoms with Crippen molar-refractivity contribution in [3.8, 4) is 22.3 Å². The fourth-order valence-electron chi connectivity index (χ4n) is 4.00. The Morgan fingerprint density at radius 2 is 1.55 bits per heavy atom. The van der Waals surface area contributed by atoms with Crippen molar-refractivity contribution in [1.82, 2.24) is 19.4 Å². The molecule has 8 heteroatoms. The van der Waals surface area contributed by atoms with Crippen LogP contribution in [0.5, 0.6) is 0 Å². The van der Waals surface area contributed by atoms with Crippen LogP contribution in [-0.4, -0.2) is 32.6 Å². The van der Waals surface area contributed by atoms with Crippen molar-refractivity contribution in [1.29, 1.82) is 0 Å². The van der Waals surface area contributed by atoms with Gasteiger partial charge >= 0.3 is 5.69 Å². The number of aromatic nitrogens is 4. The minimum atomic E-state index is -0.237. The predicted octanol–water partition coefficient (Wildman–Crippen LogP) is 4.96. The molecule has 1 fully saturated rings. The second kappa shape index (κ2) is 8.46. The molecule has 158 valence electrons. The van der Waals surface area contributed by atoms with Gasteiger partial charge in [0, 0.05) is 40.9 Å². The van der Waals surface area contributed by atoms with Gasteiger partial charge in [0.25, 0.3) is 0 Å². The molecule has 0 aliphatic carbocycles. The van der Waals surface area contributed by atoms with Crippen molar-refractivity contribution in [2.45, 2.75) is 19.4 Å². The van der Waals surface area contributed by atoms with E-state index in [0.29, 0.717) is 28.2 Å². The molecule has 2 aromatic carbocycles. The van der Waals surface area contributed by atoms with Gasteiger partial charge in [-0.15, -0.1) is 5.10 Å². The molecular formula is C23H20Cl2N4O2. The molecule has 0 unspecified atom stereocenters. The summed E-state index contributed by atoms with van der Waals surface area (Å²) in [5, 5.41) is 10.4. The first-order valence-electron chi connectivity index (χ1n) is 10.2. The van der Waals surface area contributed by atoms with Gasteiger partial charge in [-0.25, -0.2) is 9.48 Å². The monoisotopic (exact) mass is 454 g/mol. The smallest absolute Gasteiger partial charge is 0.367 e. The maximum atomic E-state index is 13.1. The quantitative estimate of drug-likeness (QED) is 0.437. The normalized spacial score (nSPS) is 14.9. The summed E-state index contributed by atoms with van der Waals surface area (Å²) in [5.74, 6) is 0.367. The Morgan fingerprint density at radius 1 is 0.935 bits per heavy atom. The van der Waals surface area contributed by atoms with Crippen molar-refractivity contribution in [2.75, 3.05) is 13.2 Å². The van der Waals surface area contributed by atoms with Gasteiger partial charge in [-0.2, -0.15) is 9.61 Å². The van der Waals surface area contributed by atoms with Gasteiger partial charge in [-0.1, -0.05) is 47.5 Å². The van der Waals surface area contributed by atoms with Crippen LogP contribution in [0.3, 0.4) is 0 Å². The summed E-state index contributed by atoms with van der Waals surface area (Å²) in [6.07, 6.45) is 3.56. The van der Waals surface area contributed by atoms with Crippen LogP contribution in [0.25, 0.3) is 27.9 Å². The number of ether oxygens (including phenoxy) is 1. The van der Waals surface area contributed by atoms with Crippen molar-refractivity contribution in [2.24, 2.45) is 5.92 Å². The van der Waals surface area contributed by atoms with Gasteiger partial charge in [0.2, 0.25) is 0 Å². The van der Waals surface area contributed by atoms with Crippen molar-refractivity contribution in [3.63, 3.8) is 0 Å². The summed E-state index contributed by atoms with van der Waals surface area (Å²) in [6.45, 7) is 2.01. The van der Waals surface area contributed by atoms with Crippen LogP contribution >= 0.6 is 23.2 Å². The second-order valence-corrected chi connectivity index (χ2v) is 8.58. The summed E-state index contributed by atoms with van der Waals surface area (Å²) in [5.41, 5.74) is 3.83. The molecule has 5 rings (SSSR count). The van der Waals surface area contributed by atoms with Gasteiger partial charge in [0.1, 0.15) is 0 Å². The summed E-state index contributed by atoms with van der Waals surface area (Å²) in [7, 11) is 0. The first kappa shape index (κ1) is 20.2. The average Bonchev–Trinajstić information content (AvgIpc) is 3.10. The summed E-state index contributed by atoms with van der Waals surface area (Å²) >= 11 is 12.2. The van der Waals surface area contributed by atoms with E-state index in [-0.39, 0.29) is 5.69 Å². The molecule has 1 aliphatic heterocycles. The number of halogens is 2. The molecule has 3 heterocycles. The maximum Gasteiger partial charge on any atom is 0.367 e. The van der Waals surface area contributed by atoms with Crippen LogP contribution in [0.1, 0.15) is 12.8 Å². The van der Waals surface area contributed by atoms with Crippen LogP contribution in [-0.2, 0) is 11.3 Å². The van der Waals surface area contributed by atoms with Crippen LogP contribution in [0.15, 0.2) is 59.5 Å². The number of hydrogen-bond donors (Lipinski definition) is 0. The second-order valence-electron chi connectivity index (χ2n) is 7.70. The Hall–Kier alpha value is -2.67. The molecule has 0 saturated carbocycles. The lowest BCUT2D eigenvalue weighted by molar-refractivity contribution is 0.0598. The number of benzene rings is 2. The molecule has 4 aromatic rings. The fourth-order valence-corrected chi connectivity index (χ4v) is 4.25. The number of hydrogen-bond acceptors (Lipinski definition) is 4. The summed E-state index contributed by atoms with van der Waals surface area (Å²) in [4.78, 5) is 13.1. The van der Waals surface area contributed by atoms with Crippen molar-refractivity contribution >= 4 is 28.8 Å². The molecule has 0 spiro atoms. The van der Waals surface area contributed by atoms with Crippen LogP contribution in [0, 0.1) is 5.92 Å².